The molecular formula is C22H27N5O2S. The topological polar surface area (TPSA) is 81.9 Å². The van der Waals surface area contributed by atoms with Crippen molar-refractivity contribution in [2.45, 2.75) is 44.8 Å². The highest BCUT2D eigenvalue weighted by Gasteiger charge is 2.12. The van der Waals surface area contributed by atoms with E-state index in [1.165, 1.54) is 17.3 Å². The minimum absolute atomic E-state index is 0.0880. The fourth-order valence-electron chi connectivity index (χ4n) is 2.78. The number of hydrogen-bond donors (Lipinski definition) is 1. The number of aromatic nitrogens is 4. The van der Waals surface area contributed by atoms with E-state index in [1.54, 1.807) is 12.5 Å². The fourth-order valence-corrected chi connectivity index (χ4v) is 3.54. The van der Waals surface area contributed by atoms with Gasteiger partial charge in [0.15, 0.2) is 5.16 Å². The molecule has 0 saturated heterocycles. The van der Waals surface area contributed by atoms with E-state index < -0.39 is 0 Å². The number of pyridine rings is 1. The Labute approximate surface area is 181 Å². The second kappa shape index (κ2) is 10.8. The Morgan fingerprint density at radius 3 is 2.77 bits per heavy atom. The number of carbonyl (C=O) groups is 1. The molecule has 0 aliphatic carbocycles. The zero-order valence-corrected chi connectivity index (χ0v) is 18.4. The molecule has 0 spiro atoms. The molecule has 0 fully saturated rings. The first-order valence-electron chi connectivity index (χ1n) is 10.0. The largest absolute Gasteiger partial charge is 0.477 e. The zero-order chi connectivity index (χ0) is 21.3. The van der Waals surface area contributed by atoms with Crippen molar-refractivity contribution < 1.29 is 9.53 Å². The van der Waals surface area contributed by atoms with E-state index in [1.807, 2.05) is 35.8 Å². The second-order valence-corrected chi connectivity index (χ2v) is 8.05. The normalized spacial score (nSPS) is 10.9. The van der Waals surface area contributed by atoms with Crippen LogP contribution in [0.3, 0.4) is 0 Å². The van der Waals surface area contributed by atoms with Crippen LogP contribution in [0.1, 0.15) is 44.2 Å². The van der Waals surface area contributed by atoms with Crippen molar-refractivity contribution in [2.75, 3.05) is 12.4 Å². The summed E-state index contributed by atoms with van der Waals surface area (Å²) in [5, 5.41) is 11.8. The lowest BCUT2D eigenvalue weighted by molar-refractivity contribution is -0.118. The summed E-state index contributed by atoms with van der Waals surface area (Å²) in [6, 6.07) is 12.0. The maximum atomic E-state index is 12.4. The number of hydrogen-bond acceptors (Lipinski definition) is 6. The molecule has 0 radical (unpaired) electrons. The van der Waals surface area contributed by atoms with Crippen LogP contribution in [0.25, 0.3) is 5.69 Å². The van der Waals surface area contributed by atoms with Gasteiger partial charge in [-0.25, -0.2) is 4.98 Å². The number of thioether (sulfide) groups is 1. The van der Waals surface area contributed by atoms with Crippen molar-refractivity contribution in [1.82, 2.24) is 25.1 Å². The van der Waals surface area contributed by atoms with Gasteiger partial charge in [0, 0.05) is 24.0 Å². The Hall–Kier alpha value is -2.87. The molecule has 2 aromatic heterocycles. The molecule has 0 atom stereocenters. The summed E-state index contributed by atoms with van der Waals surface area (Å²) in [6.45, 7) is 7.34. The predicted molar refractivity (Wildman–Crippen MR) is 118 cm³/mol. The van der Waals surface area contributed by atoms with Gasteiger partial charge in [-0.05, 0) is 36.1 Å². The molecule has 3 aromatic rings. The number of nitrogens with one attached hydrogen (secondary N) is 1. The van der Waals surface area contributed by atoms with Crippen molar-refractivity contribution in [3.8, 4) is 11.6 Å². The summed E-state index contributed by atoms with van der Waals surface area (Å²) < 4.78 is 7.52. The molecule has 0 unspecified atom stereocenters. The molecule has 158 valence electrons. The van der Waals surface area contributed by atoms with E-state index in [0.29, 0.717) is 30.1 Å². The first-order valence-corrected chi connectivity index (χ1v) is 11.0. The van der Waals surface area contributed by atoms with Gasteiger partial charge in [-0.15, -0.1) is 10.2 Å². The highest BCUT2D eigenvalue weighted by Crippen LogP contribution is 2.22. The van der Waals surface area contributed by atoms with Gasteiger partial charge in [-0.3, -0.25) is 9.36 Å². The lowest BCUT2D eigenvalue weighted by Crippen LogP contribution is -2.25. The zero-order valence-electron chi connectivity index (χ0n) is 17.5. The molecule has 30 heavy (non-hydrogen) atoms. The lowest BCUT2D eigenvalue weighted by atomic mass is 10.0. The summed E-state index contributed by atoms with van der Waals surface area (Å²) >= 11 is 1.35. The lowest BCUT2D eigenvalue weighted by Gasteiger charge is -2.11. The van der Waals surface area contributed by atoms with Gasteiger partial charge in [0.25, 0.3) is 0 Å². The van der Waals surface area contributed by atoms with Crippen LogP contribution < -0.4 is 10.1 Å². The van der Waals surface area contributed by atoms with E-state index >= 15 is 0 Å². The fraction of sp³-hybridized carbons (Fsp3) is 0.364. The maximum absolute atomic E-state index is 12.4. The quantitative estimate of drug-likeness (QED) is 0.495. The molecule has 3 rings (SSSR count). The van der Waals surface area contributed by atoms with E-state index in [2.05, 4.69) is 46.5 Å². The third-order valence-electron chi connectivity index (χ3n) is 4.46. The van der Waals surface area contributed by atoms with Crippen LogP contribution in [0, 0.1) is 0 Å². The Bertz CT molecular complexity index is 956. The number of benzene rings is 1. The van der Waals surface area contributed by atoms with Crippen molar-refractivity contribution >= 4 is 17.7 Å². The first-order chi connectivity index (χ1) is 14.6. The molecule has 0 saturated carbocycles. The number of nitrogens with zero attached hydrogens (tertiary/aromatic N) is 4. The minimum Gasteiger partial charge on any atom is -0.477 e. The number of amides is 1. The van der Waals surface area contributed by atoms with E-state index in [0.717, 1.165) is 17.7 Å². The molecule has 2 heterocycles. The molecule has 1 N–H and O–H groups in total. The molecular weight excluding hydrogens is 398 g/mol. The Morgan fingerprint density at radius 1 is 1.23 bits per heavy atom. The molecule has 0 aliphatic heterocycles. The summed E-state index contributed by atoms with van der Waals surface area (Å²) in [5.74, 6) is 1.20. The van der Waals surface area contributed by atoms with Gasteiger partial charge in [-0.1, -0.05) is 50.7 Å². The molecule has 1 amide bonds. The van der Waals surface area contributed by atoms with E-state index in [-0.39, 0.29) is 11.7 Å². The summed E-state index contributed by atoms with van der Waals surface area (Å²) in [4.78, 5) is 16.6. The van der Waals surface area contributed by atoms with Crippen molar-refractivity contribution in [2.24, 2.45) is 0 Å². The molecule has 0 bridgehead atoms. The van der Waals surface area contributed by atoms with Crippen LogP contribution >= 0.6 is 11.8 Å². The maximum Gasteiger partial charge on any atom is 0.230 e. The van der Waals surface area contributed by atoms with Crippen LogP contribution in [0.2, 0.25) is 0 Å². The number of rotatable bonds is 10. The van der Waals surface area contributed by atoms with Crippen LogP contribution in [-0.2, 0) is 11.3 Å². The van der Waals surface area contributed by atoms with Crippen molar-refractivity contribution in [3.63, 3.8) is 0 Å². The van der Waals surface area contributed by atoms with Gasteiger partial charge in [0.1, 0.15) is 6.33 Å². The molecule has 7 nitrogen and oxygen atoms in total. The first kappa shape index (κ1) is 21.8. The Kier molecular flexibility index (Phi) is 7.84. The summed E-state index contributed by atoms with van der Waals surface area (Å²) in [5.41, 5.74) is 3.11. The summed E-state index contributed by atoms with van der Waals surface area (Å²) in [6.07, 6.45) is 4.25. The molecule has 0 aliphatic rings. The monoisotopic (exact) mass is 425 g/mol. The van der Waals surface area contributed by atoms with Crippen molar-refractivity contribution in [1.29, 1.82) is 0 Å². The standard InChI is InChI=1S/C22H27N5O2S/c1-4-12-29-21-18(6-5-11-23-21)13-24-20(28)14-30-22-26-25-15-27(22)19-9-7-17(8-10-19)16(2)3/h5-11,15-16H,4,12-14H2,1-3H3,(H,24,28). The number of ether oxygens (including phenoxy) is 1. The molecule has 1 aromatic carbocycles. The average molecular weight is 426 g/mol. The van der Waals surface area contributed by atoms with Crippen LogP contribution in [-0.4, -0.2) is 38.0 Å². The Morgan fingerprint density at radius 2 is 2.03 bits per heavy atom. The van der Waals surface area contributed by atoms with Gasteiger partial charge in [-0.2, -0.15) is 0 Å². The SMILES string of the molecule is CCCOc1ncccc1CNC(=O)CSc1nncn1-c1ccc(C(C)C)cc1. The predicted octanol–water partition coefficient (Wildman–Crippen LogP) is 3.98. The third kappa shape index (κ3) is 5.82. The van der Waals surface area contributed by atoms with E-state index in [9.17, 15) is 4.79 Å². The van der Waals surface area contributed by atoms with Crippen LogP contribution in [0.15, 0.2) is 54.1 Å². The van der Waals surface area contributed by atoms with Gasteiger partial charge < -0.3 is 10.1 Å². The second-order valence-electron chi connectivity index (χ2n) is 7.11. The Balaban J connectivity index is 1.56. The third-order valence-corrected chi connectivity index (χ3v) is 5.40. The summed E-state index contributed by atoms with van der Waals surface area (Å²) in [7, 11) is 0. The van der Waals surface area contributed by atoms with E-state index in [4.69, 9.17) is 4.74 Å². The highest BCUT2D eigenvalue weighted by atomic mass is 32.2. The van der Waals surface area contributed by atoms with Crippen molar-refractivity contribution in [3.05, 3.63) is 60.0 Å². The molecule has 8 heteroatoms. The van der Waals surface area contributed by atoms with Crippen LogP contribution in [0.5, 0.6) is 5.88 Å². The minimum atomic E-state index is -0.0880. The average Bonchev–Trinajstić information content (AvgIpc) is 3.24. The highest BCUT2D eigenvalue weighted by molar-refractivity contribution is 7.99. The van der Waals surface area contributed by atoms with Gasteiger partial charge in [0.05, 0.1) is 12.4 Å². The van der Waals surface area contributed by atoms with Gasteiger partial charge in [0.2, 0.25) is 11.8 Å². The van der Waals surface area contributed by atoms with Crippen LogP contribution in [0.4, 0.5) is 0 Å². The van der Waals surface area contributed by atoms with Gasteiger partial charge >= 0.3 is 0 Å². The smallest absolute Gasteiger partial charge is 0.230 e. The number of carbonyl (C=O) groups excluding carboxylic acids is 1.